The van der Waals surface area contributed by atoms with Gasteiger partial charge in [0.2, 0.25) is 0 Å². The van der Waals surface area contributed by atoms with Crippen LogP contribution in [-0.4, -0.2) is 61.9 Å². The number of fused-ring (bicyclic) bond motifs is 5. The lowest BCUT2D eigenvalue weighted by Crippen LogP contribution is -2.61. The van der Waals surface area contributed by atoms with Crippen molar-refractivity contribution in [2.24, 2.45) is 0 Å². The molecule has 4 aromatic rings. The Morgan fingerprint density at radius 3 is 2.57 bits per heavy atom. The van der Waals surface area contributed by atoms with E-state index in [-0.39, 0.29) is 11.1 Å². The maximum atomic E-state index is 10.6. The van der Waals surface area contributed by atoms with E-state index >= 15 is 0 Å². The largest absolute Gasteiger partial charge is 0.383 e. The number of terminal acetylenes is 1. The van der Waals surface area contributed by atoms with Gasteiger partial charge in [-0.25, -0.2) is 9.97 Å². The summed E-state index contributed by atoms with van der Waals surface area (Å²) in [6, 6.07) is 10.2. The third-order valence-corrected chi connectivity index (χ3v) is 8.49. The van der Waals surface area contributed by atoms with Crippen molar-refractivity contribution in [2.75, 3.05) is 26.4 Å². The number of hydrogen-bond donors (Lipinski definition) is 3. The van der Waals surface area contributed by atoms with Crippen LogP contribution in [0.5, 0.6) is 0 Å². The van der Waals surface area contributed by atoms with Crippen LogP contribution in [-0.2, 0) is 5.54 Å². The first-order chi connectivity index (χ1) is 17.8. The van der Waals surface area contributed by atoms with Gasteiger partial charge < -0.3 is 20.3 Å². The monoisotopic (exact) mass is 495 g/mol. The molecule has 0 radical (unpaired) electrons. The molecule has 1 unspecified atom stereocenters. The van der Waals surface area contributed by atoms with E-state index in [9.17, 15) is 5.11 Å². The van der Waals surface area contributed by atoms with Crippen molar-refractivity contribution in [1.29, 1.82) is 0 Å². The number of hydrogen-bond acceptors (Lipinski definition) is 7. The highest BCUT2D eigenvalue weighted by molar-refractivity contribution is 6.04. The molecule has 190 valence electrons. The second-order valence-corrected chi connectivity index (χ2v) is 11.0. The van der Waals surface area contributed by atoms with Crippen molar-refractivity contribution in [2.45, 2.75) is 55.8 Å². The Morgan fingerprint density at radius 2 is 1.86 bits per heavy atom. The van der Waals surface area contributed by atoms with Gasteiger partial charge in [-0.3, -0.25) is 10.3 Å². The van der Waals surface area contributed by atoms with Gasteiger partial charge in [0.15, 0.2) is 0 Å². The van der Waals surface area contributed by atoms with Gasteiger partial charge in [0.25, 0.3) is 0 Å². The summed E-state index contributed by atoms with van der Waals surface area (Å²) in [6.07, 6.45) is 14.9. The second kappa shape index (κ2) is 8.80. The molecule has 2 bridgehead atoms. The SMILES string of the molecule is C#Cc1c(-c2cnc3ccccc3c2)c2c(N)ncnc2n1C12CCC(NC(O)CN(C)C)(CC1)CC2. The molecule has 4 N–H and O–H groups in total. The number of nitrogens with two attached hydrogens (primary N) is 1. The lowest BCUT2D eigenvalue weighted by atomic mass is 9.61. The normalized spacial score (nSPS) is 24.1. The number of pyridine rings is 1. The van der Waals surface area contributed by atoms with E-state index in [0.717, 1.165) is 77.3 Å². The third kappa shape index (κ3) is 3.86. The second-order valence-electron chi connectivity index (χ2n) is 11.0. The highest BCUT2D eigenvalue weighted by atomic mass is 16.3. The van der Waals surface area contributed by atoms with Crippen molar-refractivity contribution in [3.8, 4) is 23.5 Å². The van der Waals surface area contributed by atoms with Crippen LogP contribution in [0.4, 0.5) is 5.82 Å². The summed E-state index contributed by atoms with van der Waals surface area (Å²) < 4.78 is 2.28. The Morgan fingerprint density at radius 1 is 1.14 bits per heavy atom. The molecule has 3 heterocycles. The zero-order valence-corrected chi connectivity index (χ0v) is 21.4. The number of benzene rings is 1. The maximum Gasteiger partial charge on any atom is 0.147 e. The van der Waals surface area contributed by atoms with E-state index in [4.69, 9.17) is 22.1 Å². The molecular weight excluding hydrogens is 462 g/mol. The molecule has 0 saturated heterocycles. The Bertz CT molecular complexity index is 1510. The molecule has 3 fully saturated rings. The predicted molar refractivity (Wildman–Crippen MR) is 147 cm³/mol. The van der Waals surface area contributed by atoms with E-state index in [1.165, 1.54) is 6.33 Å². The molecular formula is C29H33N7O. The van der Waals surface area contributed by atoms with Crippen LogP contribution in [0.15, 0.2) is 42.9 Å². The van der Waals surface area contributed by atoms with E-state index in [2.05, 4.69) is 32.9 Å². The summed E-state index contributed by atoms with van der Waals surface area (Å²) in [5.41, 5.74) is 10.6. The summed E-state index contributed by atoms with van der Waals surface area (Å²) in [5.74, 6) is 3.44. The Hall–Kier alpha value is -3.51. The standard InChI is InChI=1S/C29H33N7O/c1-4-22-24(20-15-19-7-5-6-8-21(19)31-16-20)25-26(30)32-18-33-27(25)36(22)29-12-9-28(10-13-29,11-14-29)34-23(37)17-35(2)3/h1,5-8,15-16,18,23,34,37H,9-14,17H2,2-3H3,(H2,30,32,33). The number of nitrogen functional groups attached to an aromatic ring is 1. The molecule has 8 heteroatoms. The first kappa shape index (κ1) is 23.9. The fraction of sp³-hybridized carbons (Fsp3) is 0.414. The highest BCUT2D eigenvalue weighted by Gasteiger charge is 2.51. The Balaban J connectivity index is 1.45. The average molecular weight is 496 g/mol. The zero-order valence-electron chi connectivity index (χ0n) is 21.4. The summed E-state index contributed by atoms with van der Waals surface area (Å²) in [7, 11) is 3.95. The van der Waals surface area contributed by atoms with Gasteiger partial charge in [-0.05, 0) is 64.8 Å². The fourth-order valence-electron chi connectivity index (χ4n) is 6.69. The molecule has 1 atom stereocenters. The van der Waals surface area contributed by atoms with Crippen molar-refractivity contribution < 1.29 is 5.11 Å². The number of nitrogens with one attached hydrogen (secondary N) is 1. The molecule has 7 rings (SSSR count). The topological polar surface area (TPSA) is 105 Å². The van der Waals surface area contributed by atoms with Crippen molar-refractivity contribution in [1.82, 2.24) is 29.7 Å². The van der Waals surface area contributed by atoms with Crippen LogP contribution < -0.4 is 11.1 Å². The number of rotatable bonds is 6. The van der Waals surface area contributed by atoms with E-state index in [1.54, 1.807) is 0 Å². The summed E-state index contributed by atoms with van der Waals surface area (Å²) >= 11 is 0. The minimum absolute atomic E-state index is 0.0461. The minimum Gasteiger partial charge on any atom is -0.383 e. The lowest BCUT2D eigenvalue weighted by Gasteiger charge is -2.55. The number of aliphatic hydroxyl groups is 1. The van der Waals surface area contributed by atoms with Crippen molar-refractivity contribution in [3.63, 3.8) is 0 Å². The fourth-order valence-corrected chi connectivity index (χ4v) is 6.69. The molecule has 3 saturated carbocycles. The summed E-state index contributed by atoms with van der Waals surface area (Å²) in [5, 5.41) is 16.0. The van der Waals surface area contributed by atoms with Crippen LogP contribution in [0.1, 0.15) is 44.2 Å². The molecule has 0 spiro atoms. The van der Waals surface area contributed by atoms with Gasteiger partial charge in [-0.2, -0.15) is 0 Å². The summed E-state index contributed by atoms with van der Waals surface area (Å²) in [6.45, 7) is 0.593. The molecule has 3 aliphatic rings. The van der Waals surface area contributed by atoms with Gasteiger partial charge in [0, 0.05) is 40.3 Å². The quantitative estimate of drug-likeness (QED) is 0.278. The Labute approximate surface area is 216 Å². The van der Waals surface area contributed by atoms with Gasteiger partial charge in [-0.1, -0.05) is 24.1 Å². The van der Waals surface area contributed by atoms with Gasteiger partial charge in [-0.15, -0.1) is 6.42 Å². The van der Waals surface area contributed by atoms with E-state index < -0.39 is 6.23 Å². The number of para-hydroxylation sites is 1. The number of aromatic nitrogens is 4. The van der Waals surface area contributed by atoms with Crippen molar-refractivity contribution >= 4 is 27.8 Å². The third-order valence-electron chi connectivity index (χ3n) is 8.49. The smallest absolute Gasteiger partial charge is 0.147 e. The van der Waals surface area contributed by atoms with Crippen LogP contribution in [0.25, 0.3) is 33.1 Å². The summed E-state index contributed by atoms with van der Waals surface area (Å²) in [4.78, 5) is 15.8. The molecule has 3 aromatic heterocycles. The van der Waals surface area contributed by atoms with E-state index in [0.29, 0.717) is 12.4 Å². The number of nitrogens with zero attached hydrogens (tertiary/aromatic N) is 5. The number of anilines is 1. The molecule has 1 aromatic carbocycles. The first-order valence-electron chi connectivity index (χ1n) is 12.9. The first-order valence-corrected chi connectivity index (χ1v) is 12.9. The molecule has 0 amide bonds. The van der Waals surface area contributed by atoms with Gasteiger partial charge in [0.1, 0.15) is 29.7 Å². The van der Waals surface area contributed by atoms with Crippen LogP contribution in [0.3, 0.4) is 0 Å². The van der Waals surface area contributed by atoms with Crippen LogP contribution in [0, 0.1) is 12.3 Å². The molecule has 8 nitrogen and oxygen atoms in total. The average Bonchev–Trinajstić information content (AvgIpc) is 3.25. The zero-order chi connectivity index (χ0) is 25.8. The lowest BCUT2D eigenvalue weighted by molar-refractivity contribution is -0.0129. The molecule has 37 heavy (non-hydrogen) atoms. The number of likely N-dealkylation sites (N-methyl/N-ethyl adjacent to an activating group) is 1. The highest BCUT2D eigenvalue weighted by Crippen LogP contribution is 2.54. The van der Waals surface area contributed by atoms with Crippen LogP contribution in [0.2, 0.25) is 0 Å². The maximum absolute atomic E-state index is 10.6. The molecule has 0 aliphatic heterocycles. The van der Waals surface area contributed by atoms with E-state index in [1.807, 2.05) is 43.4 Å². The predicted octanol–water partition coefficient (Wildman–Crippen LogP) is 3.48. The van der Waals surface area contributed by atoms with Crippen LogP contribution >= 0.6 is 0 Å². The van der Waals surface area contributed by atoms with Gasteiger partial charge >= 0.3 is 0 Å². The molecule has 3 aliphatic carbocycles. The number of aliphatic hydroxyl groups excluding tert-OH is 1. The Kier molecular flexibility index (Phi) is 5.68. The van der Waals surface area contributed by atoms with Gasteiger partial charge in [0.05, 0.1) is 10.9 Å². The minimum atomic E-state index is -0.547. The van der Waals surface area contributed by atoms with Crippen molar-refractivity contribution in [3.05, 3.63) is 48.5 Å².